The van der Waals surface area contributed by atoms with E-state index in [2.05, 4.69) is 0 Å². The molecule has 18 heavy (non-hydrogen) atoms. The zero-order valence-electron chi connectivity index (χ0n) is 11.1. The van der Waals surface area contributed by atoms with Gasteiger partial charge >= 0.3 is 0 Å². The van der Waals surface area contributed by atoms with Crippen molar-refractivity contribution >= 4 is 11.6 Å². The van der Waals surface area contributed by atoms with Crippen LogP contribution in [0.15, 0.2) is 18.2 Å². The molecular formula is C14H20N2O2. The molecule has 2 unspecified atom stereocenters. The lowest BCUT2D eigenvalue weighted by atomic mass is 10.0. The van der Waals surface area contributed by atoms with Crippen LogP contribution in [0.2, 0.25) is 0 Å². The first-order chi connectivity index (χ1) is 8.52. The Morgan fingerprint density at radius 1 is 1.50 bits per heavy atom. The Kier molecular flexibility index (Phi) is 3.57. The van der Waals surface area contributed by atoms with Crippen LogP contribution in [-0.2, 0) is 4.74 Å². The molecule has 4 nitrogen and oxygen atoms in total. The zero-order chi connectivity index (χ0) is 13.3. The average Bonchev–Trinajstić information content (AvgIpc) is 2.77. The van der Waals surface area contributed by atoms with Crippen LogP contribution in [0.5, 0.6) is 0 Å². The number of para-hydroxylation sites is 1. The van der Waals surface area contributed by atoms with Crippen LogP contribution in [0.25, 0.3) is 0 Å². The summed E-state index contributed by atoms with van der Waals surface area (Å²) in [5.41, 5.74) is 8.06. The molecule has 2 atom stereocenters. The number of carbonyl (C=O) groups excluding carboxylic acids is 1. The van der Waals surface area contributed by atoms with Crippen molar-refractivity contribution in [2.75, 3.05) is 19.4 Å². The Morgan fingerprint density at radius 3 is 2.83 bits per heavy atom. The molecule has 1 aliphatic heterocycles. The van der Waals surface area contributed by atoms with E-state index in [0.717, 1.165) is 12.0 Å². The van der Waals surface area contributed by atoms with Gasteiger partial charge in [-0.1, -0.05) is 12.1 Å². The highest BCUT2D eigenvalue weighted by Gasteiger charge is 2.31. The number of carbonyl (C=O) groups is 1. The van der Waals surface area contributed by atoms with E-state index < -0.39 is 0 Å². The summed E-state index contributed by atoms with van der Waals surface area (Å²) >= 11 is 0. The first-order valence-electron chi connectivity index (χ1n) is 6.26. The number of ether oxygens (including phenoxy) is 1. The monoisotopic (exact) mass is 248 g/mol. The van der Waals surface area contributed by atoms with E-state index in [-0.39, 0.29) is 18.1 Å². The van der Waals surface area contributed by atoms with Gasteiger partial charge in [0.15, 0.2) is 0 Å². The molecular weight excluding hydrogens is 228 g/mol. The molecule has 1 aromatic carbocycles. The molecule has 1 aromatic rings. The van der Waals surface area contributed by atoms with Gasteiger partial charge in [-0.3, -0.25) is 4.79 Å². The van der Waals surface area contributed by atoms with Gasteiger partial charge in [-0.05, 0) is 31.9 Å². The zero-order valence-corrected chi connectivity index (χ0v) is 11.1. The van der Waals surface area contributed by atoms with E-state index >= 15 is 0 Å². The summed E-state index contributed by atoms with van der Waals surface area (Å²) in [5.74, 6) is -0.0291. The molecule has 1 amide bonds. The maximum atomic E-state index is 12.4. The van der Waals surface area contributed by atoms with Crippen molar-refractivity contribution < 1.29 is 9.53 Å². The number of nitrogen functional groups attached to an aromatic ring is 1. The Balaban J connectivity index is 2.23. The normalized spacial score (nSPS) is 23.1. The number of nitrogens with two attached hydrogens (primary N) is 1. The van der Waals surface area contributed by atoms with Gasteiger partial charge in [-0.15, -0.1) is 0 Å². The highest BCUT2D eigenvalue weighted by molar-refractivity contribution is 5.99. The van der Waals surface area contributed by atoms with Crippen LogP contribution in [0, 0.1) is 6.92 Å². The quantitative estimate of drug-likeness (QED) is 0.812. The van der Waals surface area contributed by atoms with Crippen molar-refractivity contribution in [2.45, 2.75) is 32.4 Å². The lowest BCUT2D eigenvalue weighted by Crippen LogP contribution is -2.41. The summed E-state index contributed by atoms with van der Waals surface area (Å²) in [6.45, 7) is 4.63. The van der Waals surface area contributed by atoms with Crippen molar-refractivity contribution in [3.63, 3.8) is 0 Å². The molecule has 0 aliphatic carbocycles. The van der Waals surface area contributed by atoms with E-state index in [0.29, 0.717) is 17.9 Å². The minimum Gasteiger partial charge on any atom is -0.398 e. The first-order valence-corrected chi connectivity index (χ1v) is 6.26. The van der Waals surface area contributed by atoms with Gasteiger partial charge in [0.25, 0.3) is 5.91 Å². The standard InChI is InChI=1S/C14H20N2O2/c1-9-5-4-6-11(13(9)15)14(17)16(3)12-7-8-18-10(12)2/h4-6,10,12H,7-8,15H2,1-3H3. The minimum atomic E-state index is -0.0291. The summed E-state index contributed by atoms with van der Waals surface area (Å²) in [6, 6.07) is 5.69. The SMILES string of the molecule is Cc1cccc(C(=O)N(C)C2CCOC2C)c1N. The summed E-state index contributed by atoms with van der Waals surface area (Å²) in [5, 5.41) is 0. The Hall–Kier alpha value is -1.55. The molecule has 1 saturated heterocycles. The first kappa shape index (κ1) is 12.9. The number of aryl methyl sites for hydroxylation is 1. The smallest absolute Gasteiger partial charge is 0.256 e. The maximum absolute atomic E-state index is 12.4. The van der Waals surface area contributed by atoms with Crippen LogP contribution >= 0.6 is 0 Å². The van der Waals surface area contributed by atoms with E-state index in [4.69, 9.17) is 10.5 Å². The molecule has 1 fully saturated rings. The largest absolute Gasteiger partial charge is 0.398 e. The molecule has 0 radical (unpaired) electrons. The van der Waals surface area contributed by atoms with Gasteiger partial charge in [0.2, 0.25) is 0 Å². The van der Waals surface area contributed by atoms with Crippen LogP contribution in [0.1, 0.15) is 29.3 Å². The van der Waals surface area contributed by atoms with Gasteiger partial charge in [-0.25, -0.2) is 0 Å². The fourth-order valence-electron chi connectivity index (χ4n) is 2.44. The van der Waals surface area contributed by atoms with Gasteiger partial charge in [-0.2, -0.15) is 0 Å². The minimum absolute atomic E-state index is 0.0291. The fraction of sp³-hybridized carbons (Fsp3) is 0.500. The second kappa shape index (κ2) is 4.98. The number of hydrogen-bond acceptors (Lipinski definition) is 3. The van der Waals surface area contributed by atoms with E-state index in [1.807, 2.05) is 33.0 Å². The van der Waals surface area contributed by atoms with Crippen molar-refractivity contribution in [3.8, 4) is 0 Å². The number of likely N-dealkylation sites (N-methyl/N-ethyl adjacent to an activating group) is 1. The molecule has 0 spiro atoms. The molecule has 0 aromatic heterocycles. The topological polar surface area (TPSA) is 55.6 Å². The second-order valence-corrected chi connectivity index (χ2v) is 4.88. The number of rotatable bonds is 2. The number of anilines is 1. The van der Waals surface area contributed by atoms with Crippen molar-refractivity contribution in [3.05, 3.63) is 29.3 Å². The highest BCUT2D eigenvalue weighted by atomic mass is 16.5. The molecule has 2 N–H and O–H groups in total. The maximum Gasteiger partial charge on any atom is 0.256 e. The molecule has 0 bridgehead atoms. The van der Waals surface area contributed by atoms with E-state index in [1.54, 1.807) is 11.0 Å². The third-order valence-electron chi connectivity index (χ3n) is 3.71. The predicted octanol–water partition coefficient (Wildman–Crippen LogP) is 1.83. The molecule has 2 rings (SSSR count). The van der Waals surface area contributed by atoms with Crippen molar-refractivity contribution in [2.24, 2.45) is 0 Å². The second-order valence-electron chi connectivity index (χ2n) is 4.88. The number of benzene rings is 1. The third kappa shape index (κ3) is 2.20. The molecule has 98 valence electrons. The predicted molar refractivity (Wildman–Crippen MR) is 71.5 cm³/mol. The Morgan fingerprint density at radius 2 is 2.22 bits per heavy atom. The van der Waals surface area contributed by atoms with Crippen LogP contribution < -0.4 is 5.73 Å². The van der Waals surface area contributed by atoms with E-state index in [9.17, 15) is 4.79 Å². The third-order valence-corrected chi connectivity index (χ3v) is 3.71. The van der Waals surface area contributed by atoms with Crippen LogP contribution in [0.3, 0.4) is 0 Å². The summed E-state index contributed by atoms with van der Waals surface area (Å²) < 4.78 is 5.50. The summed E-state index contributed by atoms with van der Waals surface area (Å²) in [4.78, 5) is 14.2. The van der Waals surface area contributed by atoms with E-state index in [1.165, 1.54) is 0 Å². The number of amides is 1. The van der Waals surface area contributed by atoms with Crippen molar-refractivity contribution in [1.29, 1.82) is 0 Å². The molecule has 4 heteroatoms. The number of hydrogen-bond donors (Lipinski definition) is 1. The summed E-state index contributed by atoms with van der Waals surface area (Å²) in [6.07, 6.45) is 0.972. The fourth-order valence-corrected chi connectivity index (χ4v) is 2.44. The summed E-state index contributed by atoms with van der Waals surface area (Å²) in [7, 11) is 1.82. The molecule has 1 aliphatic rings. The molecule has 0 saturated carbocycles. The Bertz CT molecular complexity index is 459. The Labute approximate surface area is 108 Å². The van der Waals surface area contributed by atoms with Gasteiger partial charge < -0.3 is 15.4 Å². The van der Waals surface area contributed by atoms with Crippen molar-refractivity contribution in [1.82, 2.24) is 4.90 Å². The number of nitrogens with zero attached hydrogens (tertiary/aromatic N) is 1. The van der Waals surface area contributed by atoms with Crippen LogP contribution in [-0.4, -0.2) is 36.6 Å². The molecule has 1 heterocycles. The van der Waals surface area contributed by atoms with Gasteiger partial charge in [0.05, 0.1) is 17.7 Å². The average molecular weight is 248 g/mol. The van der Waals surface area contributed by atoms with Gasteiger partial charge in [0.1, 0.15) is 0 Å². The van der Waals surface area contributed by atoms with Crippen LogP contribution in [0.4, 0.5) is 5.69 Å². The van der Waals surface area contributed by atoms with Gasteiger partial charge in [0, 0.05) is 19.3 Å². The highest BCUT2D eigenvalue weighted by Crippen LogP contribution is 2.23. The lowest BCUT2D eigenvalue weighted by molar-refractivity contribution is 0.0575. The lowest BCUT2D eigenvalue weighted by Gasteiger charge is -2.27.